The van der Waals surface area contributed by atoms with Crippen LogP contribution < -0.4 is 0 Å². The summed E-state index contributed by atoms with van der Waals surface area (Å²) in [6.45, 7) is 1.19. The molecular formula is C10H15NO2. The van der Waals surface area contributed by atoms with Gasteiger partial charge in [-0.25, -0.2) is 0 Å². The second kappa shape index (κ2) is 5.54. The quantitative estimate of drug-likeness (QED) is 0.533. The van der Waals surface area contributed by atoms with E-state index in [0.29, 0.717) is 0 Å². The molecule has 72 valence electrons. The van der Waals surface area contributed by atoms with E-state index in [9.17, 15) is 4.79 Å². The maximum Gasteiger partial charge on any atom is 0.151 e. The van der Waals surface area contributed by atoms with Crippen LogP contribution in [-0.2, 0) is 6.54 Å². The summed E-state index contributed by atoms with van der Waals surface area (Å²) >= 11 is 0. The number of hydrogen-bond donors (Lipinski definition) is 1. The highest BCUT2D eigenvalue weighted by atomic mass is 16.2. The Morgan fingerprint density at radius 1 is 1.38 bits per heavy atom. The highest BCUT2D eigenvalue weighted by Gasteiger charge is 1.94. The average molecular weight is 181 g/mol. The molecule has 0 aromatic carbocycles. The molecule has 13 heavy (non-hydrogen) atoms. The Kier molecular flexibility index (Phi) is 4.26. The fourth-order valence-electron chi connectivity index (χ4n) is 1.25. The maximum absolute atomic E-state index is 10.3. The fraction of sp³-hybridized carbons (Fsp3) is 0.500. The summed E-state index contributed by atoms with van der Waals surface area (Å²) in [7, 11) is 0. The molecule has 1 rings (SSSR count). The lowest BCUT2D eigenvalue weighted by atomic mass is 10.2. The number of aliphatic hydroxyl groups is 1. The summed E-state index contributed by atoms with van der Waals surface area (Å²) in [5.74, 6) is 0. The normalized spacial score (nSPS) is 10.2. The Balaban J connectivity index is 2.24. The first-order chi connectivity index (χ1) is 6.36. The van der Waals surface area contributed by atoms with E-state index < -0.39 is 0 Å². The number of aryl methyl sites for hydroxylation is 1. The number of rotatable bonds is 6. The molecule has 1 N–H and O–H groups in total. The summed E-state index contributed by atoms with van der Waals surface area (Å²) in [4.78, 5) is 10.3. The first-order valence-corrected chi connectivity index (χ1v) is 4.58. The summed E-state index contributed by atoms with van der Waals surface area (Å²) in [5, 5.41) is 8.55. The number of hydrogen-bond acceptors (Lipinski definition) is 2. The molecule has 0 saturated heterocycles. The monoisotopic (exact) mass is 181 g/mol. The zero-order chi connectivity index (χ0) is 9.52. The fourth-order valence-corrected chi connectivity index (χ4v) is 1.25. The Hall–Kier alpha value is -1.09. The van der Waals surface area contributed by atoms with Crippen molar-refractivity contribution in [2.24, 2.45) is 0 Å². The first-order valence-electron chi connectivity index (χ1n) is 4.58. The van der Waals surface area contributed by atoms with Crippen molar-refractivity contribution < 1.29 is 9.90 Å². The standard InChI is InChI=1S/C10H15NO2/c12-7-3-1-2-5-11-6-4-10(8-11)9-13/h4,6,8-9,12H,1-3,5,7H2. The van der Waals surface area contributed by atoms with Crippen molar-refractivity contribution in [3.8, 4) is 0 Å². The number of unbranched alkanes of at least 4 members (excludes halogenated alkanes) is 2. The van der Waals surface area contributed by atoms with Crippen molar-refractivity contribution in [3.63, 3.8) is 0 Å². The van der Waals surface area contributed by atoms with Crippen LogP contribution in [0.4, 0.5) is 0 Å². The van der Waals surface area contributed by atoms with Crippen molar-refractivity contribution in [1.29, 1.82) is 0 Å². The number of carbonyl (C=O) groups excluding carboxylic acids is 1. The zero-order valence-corrected chi connectivity index (χ0v) is 7.65. The van der Waals surface area contributed by atoms with Crippen LogP contribution in [0.5, 0.6) is 0 Å². The Morgan fingerprint density at radius 3 is 2.85 bits per heavy atom. The van der Waals surface area contributed by atoms with Gasteiger partial charge in [0.15, 0.2) is 6.29 Å². The summed E-state index contributed by atoms with van der Waals surface area (Å²) < 4.78 is 2.00. The van der Waals surface area contributed by atoms with Crippen molar-refractivity contribution >= 4 is 6.29 Å². The smallest absolute Gasteiger partial charge is 0.151 e. The van der Waals surface area contributed by atoms with E-state index in [1.165, 1.54) is 0 Å². The summed E-state index contributed by atoms with van der Waals surface area (Å²) in [6.07, 6.45) is 7.54. The minimum absolute atomic E-state index is 0.269. The molecule has 0 aliphatic rings. The van der Waals surface area contributed by atoms with Crippen LogP contribution in [0.3, 0.4) is 0 Å². The highest BCUT2D eigenvalue weighted by molar-refractivity contribution is 5.74. The van der Waals surface area contributed by atoms with E-state index in [-0.39, 0.29) is 6.61 Å². The SMILES string of the molecule is O=Cc1ccn(CCCCCO)c1. The molecule has 0 saturated carbocycles. The lowest BCUT2D eigenvalue weighted by Gasteiger charge is -2.00. The van der Waals surface area contributed by atoms with E-state index in [2.05, 4.69) is 0 Å². The van der Waals surface area contributed by atoms with Gasteiger partial charge in [0.2, 0.25) is 0 Å². The van der Waals surface area contributed by atoms with E-state index in [1.54, 1.807) is 6.07 Å². The van der Waals surface area contributed by atoms with Crippen LogP contribution in [0, 0.1) is 0 Å². The van der Waals surface area contributed by atoms with Gasteiger partial charge in [0.1, 0.15) is 0 Å². The molecule has 0 radical (unpaired) electrons. The van der Waals surface area contributed by atoms with Gasteiger partial charge in [0, 0.05) is 31.1 Å². The number of nitrogens with zero attached hydrogens (tertiary/aromatic N) is 1. The van der Waals surface area contributed by atoms with Gasteiger partial charge in [-0.3, -0.25) is 4.79 Å². The minimum Gasteiger partial charge on any atom is -0.396 e. The second-order valence-corrected chi connectivity index (χ2v) is 3.08. The Bertz CT molecular complexity index is 255. The van der Waals surface area contributed by atoms with Gasteiger partial charge in [0.05, 0.1) is 0 Å². The molecule has 3 nitrogen and oxygen atoms in total. The third-order valence-corrected chi connectivity index (χ3v) is 1.98. The number of aldehydes is 1. The van der Waals surface area contributed by atoms with Crippen molar-refractivity contribution in [2.75, 3.05) is 6.61 Å². The van der Waals surface area contributed by atoms with E-state index >= 15 is 0 Å². The third kappa shape index (κ3) is 3.42. The predicted octanol–water partition coefficient (Wildman–Crippen LogP) is 1.46. The number of aliphatic hydroxyl groups excluding tert-OH is 1. The first kappa shape index (κ1) is 9.99. The van der Waals surface area contributed by atoms with E-state index in [4.69, 9.17) is 5.11 Å². The van der Waals surface area contributed by atoms with Crippen LogP contribution in [0.25, 0.3) is 0 Å². The van der Waals surface area contributed by atoms with Crippen LogP contribution in [-0.4, -0.2) is 22.6 Å². The molecule has 1 aromatic rings. The number of aromatic nitrogens is 1. The molecular weight excluding hydrogens is 166 g/mol. The molecule has 0 fully saturated rings. The molecule has 3 heteroatoms. The zero-order valence-electron chi connectivity index (χ0n) is 7.65. The molecule has 0 atom stereocenters. The largest absolute Gasteiger partial charge is 0.396 e. The van der Waals surface area contributed by atoms with Gasteiger partial charge in [-0.05, 0) is 25.3 Å². The van der Waals surface area contributed by atoms with Gasteiger partial charge in [-0.15, -0.1) is 0 Å². The van der Waals surface area contributed by atoms with Crippen LogP contribution in [0.1, 0.15) is 29.6 Å². The van der Waals surface area contributed by atoms with Gasteiger partial charge < -0.3 is 9.67 Å². The average Bonchev–Trinajstić information content (AvgIpc) is 2.60. The van der Waals surface area contributed by atoms with Crippen molar-refractivity contribution in [3.05, 3.63) is 24.0 Å². The van der Waals surface area contributed by atoms with Gasteiger partial charge in [-0.1, -0.05) is 0 Å². The lowest BCUT2D eigenvalue weighted by molar-refractivity contribution is 0.112. The van der Waals surface area contributed by atoms with Gasteiger partial charge in [-0.2, -0.15) is 0 Å². The van der Waals surface area contributed by atoms with Crippen LogP contribution in [0.2, 0.25) is 0 Å². The lowest BCUT2D eigenvalue weighted by Crippen LogP contribution is -1.94. The van der Waals surface area contributed by atoms with E-state index in [1.807, 2.05) is 17.0 Å². The molecule has 0 amide bonds. The van der Waals surface area contributed by atoms with Gasteiger partial charge >= 0.3 is 0 Å². The molecule has 0 unspecified atom stereocenters. The van der Waals surface area contributed by atoms with Gasteiger partial charge in [0.25, 0.3) is 0 Å². The minimum atomic E-state index is 0.269. The molecule has 0 aliphatic heterocycles. The number of carbonyl (C=O) groups is 1. The van der Waals surface area contributed by atoms with Crippen molar-refractivity contribution in [1.82, 2.24) is 4.57 Å². The van der Waals surface area contributed by atoms with Crippen molar-refractivity contribution in [2.45, 2.75) is 25.8 Å². The summed E-state index contributed by atoms with van der Waals surface area (Å²) in [6, 6.07) is 1.80. The topological polar surface area (TPSA) is 42.2 Å². The molecule has 0 spiro atoms. The summed E-state index contributed by atoms with van der Waals surface area (Å²) in [5.41, 5.74) is 0.724. The van der Waals surface area contributed by atoms with Crippen LogP contribution >= 0.6 is 0 Å². The Morgan fingerprint density at radius 2 is 2.23 bits per heavy atom. The highest BCUT2D eigenvalue weighted by Crippen LogP contribution is 2.02. The van der Waals surface area contributed by atoms with Crippen LogP contribution in [0.15, 0.2) is 18.5 Å². The molecule has 1 aromatic heterocycles. The maximum atomic E-state index is 10.3. The third-order valence-electron chi connectivity index (χ3n) is 1.98. The second-order valence-electron chi connectivity index (χ2n) is 3.08. The Labute approximate surface area is 78.0 Å². The molecule has 0 aliphatic carbocycles. The predicted molar refractivity (Wildman–Crippen MR) is 50.8 cm³/mol. The van der Waals surface area contributed by atoms with E-state index in [0.717, 1.165) is 37.7 Å². The molecule has 1 heterocycles. The molecule has 0 bridgehead atoms.